The molecule has 0 aliphatic rings. The maximum absolute atomic E-state index is 6.20. The molecule has 5 heteroatoms. The highest BCUT2D eigenvalue weighted by atomic mass is 35.5. The van der Waals surface area contributed by atoms with Crippen LogP contribution < -0.4 is 5.32 Å². The lowest BCUT2D eigenvalue weighted by atomic mass is 10.1. The summed E-state index contributed by atoms with van der Waals surface area (Å²) >= 11 is 12.2. The molecule has 2 rings (SSSR count). The predicted molar refractivity (Wildman–Crippen MR) is 81.1 cm³/mol. The highest BCUT2D eigenvalue weighted by Crippen LogP contribution is 2.30. The number of nitrogens with one attached hydrogen (secondary N) is 1. The maximum Gasteiger partial charge on any atom is 0.163 e. The zero-order valence-corrected chi connectivity index (χ0v) is 12.6. The number of hydrogen-bond donors (Lipinski definition) is 1. The molecule has 0 atom stereocenters. The van der Waals surface area contributed by atoms with E-state index in [0.29, 0.717) is 15.9 Å². The molecule has 0 amide bonds. The lowest BCUT2D eigenvalue weighted by molar-refractivity contribution is 0.977. The molecular formula is C14H15Cl2N3. The Hall–Kier alpha value is -1.32. The third-order valence-electron chi connectivity index (χ3n) is 2.99. The van der Waals surface area contributed by atoms with Gasteiger partial charge in [0.1, 0.15) is 5.82 Å². The molecule has 1 aromatic heterocycles. The van der Waals surface area contributed by atoms with Gasteiger partial charge in [0.2, 0.25) is 0 Å². The van der Waals surface area contributed by atoms with Crippen LogP contribution in [0.3, 0.4) is 0 Å². The average Bonchev–Trinajstić information content (AvgIpc) is 2.42. The summed E-state index contributed by atoms with van der Waals surface area (Å²) in [7, 11) is 1.85. The van der Waals surface area contributed by atoms with Gasteiger partial charge in [-0.05, 0) is 31.5 Å². The first-order chi connectivity index (χ1) is 9.06. The van der Waals surface area contributed by atoms with Gasteiger partial charge in [-0.2, -0.15) is 0 Å². The third-order valence-corrected chi connectivity index (χ3v) is 3.55. The molecule has 100 valence electrons. The van der Waals surface area contributed by atoms with E-state index in [-0.39, 0.29) is 0 Å². The Balaban J connectivity index is 2.65. The third kappa shape index (κ3) is 2.82. The van der Waals surface area contributed by atoms with Gasteiger partial charge in [0.15, 0.2) is 5.82 Å². The molecule has 19 heavy (non-hydrogen) atoms. The Morgan fingerprint density at radius 3 is 2.58 bits per heavy atom. The van der Waals surface area contributed by atoms with E-state index in [4.69, 9.17) is 23.2 Å². The van der Waals surface area contributed by atoms with E-state index in [1.165, 1.54) is 0 Å². The van der Waals surface area contributed by atoms with Crippen LogP contribution in [0.25, 0.3) is 11.4 Å². The van der Waals surface area contributed by atoms with Crippen molar-refractivity contribution in [3.05, 3.63) is 39.5 Å². The molecule has 1 heterocycles. The summed E-state index contributed by atoms with van der Waals surface area (Å²) in [5, 5.41) is 4.30. The molecule has 0 spiro atoms. The molecule has 1 N–H and O–H groups in total. The van der Waals surface area contributed by atoms with E-state index in [9.17, 15) is 0 Å². The largest absolute Gasteiger partial charge is 0.373 e. The molecule has 0 bridgehead atoms. The van der Waals surface area contributed by atoms with Crippen LogP contribution >= 0.6 is 23.2 Å². The van der Waals surface area contributed by atoms with Gasteiger partial charge in [-0.25, -0.2) is 9.97 Å². The number of aryl methyl sites for hydroxylation is 1. The van der Waals surface area contributed by atoms with E-state index >= 15 is 0 Å². The van der Waals surface area contributed by atoms with Crippen molar-refractivity contribution in [3.8, 4) is 11.4 Å². The summed E-state index contributed by atoms with van der Waals surface area (Å²) in [5.74, 6) is 1.41. The average molecular weight is 296 g/mol. The summed E-state index contributed by atoms with van der Waals surface area (Å²) in [4.78, 5) is 9.08. The van der Waals surface area contributed by atoms with Crippen LogP contribution in [-0.4, -0.2) is 17.0 Å². The van der Waals surface area contributed by atoms with Crippen molar-refractivity contribution >= 4 is 29.0 Å². The van der Waals surface area contributed by atoms with Crippen LogP contribution in [0.4, 0.5) is 5.82 Å². The van der Waals surface area contributed by atoms with Crippen LogP contribution in [-0.2, 0) is 6.42 Å². The molecule has 1 aromatic carbocycles. The summed E-state index contributed by atoms with van der Waals surface area (Å²) in [6, 6.07) is 5.29. The molecule has 2 aromatic rings. The van der Waals surface area contributed by atoms with Crippen molar-refractivity contribution in [2.24, 2.45) is 0 Å². The second-order valence-corrected chi connectivity index (χ2v) is 5.04. The Bertz CT molecular complexity index is 587. The van der Waals surface area contributed by atoms with E-state index in [1.807, 2.05) is 14.0 Å². The fourth-order valence-electron chi connectivity index (χ4n) is 1.94. The van der Waals surface area contributed by atoms with Crippen molar-refractivity contribution in [2.45, 2.75) is 20.3 Å². The normalized spacial score (nSPS) is 10.6. The van der Waals surface area contributed by atoms with Crippen molar-refractivity contribution in [3.63, 3.8) is 0 Å². The van der Waals surface area contributed by atoms with Crippen molar-refractivity contribution in [1.29, 1.82) is 0 Å². The van der Waals surface area contributed by atoms with Crippen LogP contribution in [0, 0.1) is 6.92 Å². The van der Waals surface area contributed by atoms with E-state index in [0.717, 1.165) is 29.1 Å². The van der Waals surface area contributed by atoms with Gasteiger partial charge in [-0.3, -0.25) is 0 Å². The standard InChI is InChI=1S/C14H15Cl2N3/c1-4-12-8(2)13(17-3)19-14(18-12)10-7-9(15)5-6-11(10)16/h5-7H,4H2,1-3H3,(H,17,18,19). The molecule has 0 radical (unpaired) electrons. The summed E-state index contributed by atoms with van der Waals surface area (Å²) in [5.41, 5.74) is 2.82. The Morgan fingerprint density at radius 1 is 1.21 bits per heavy atom. The lowest BCUT2D eigenvalue weighted by Gasteiger charge is -2.12. The summed E-state index contributed by atoms with van der Waals surface area (Å²) in [6.07, 6.45) is 0.841. The zero-order chi connectivity index (χ0) is 14.0. The molecular weight excluding hydrogens is 281 g/mol. The van der Waals surface area contributed by atoms with Crippen molar-refractivity contribution in [2.75, 3.05) is 12.4 Å². The molecule has 0 aliphatic heterocycles. The van der Waals surface area contributed by atoms with Crippen LogP contribution in [0.15, 0.2) is 18.2 Å². The van der Waals surface area contributed by atoms with E-state index in [2.05, 4.69) is 22.2 Å². The van der Waals surface area contributed by atoms with Gasteiger partial charge < -0.3 is 5.32 Å². The summed E-state index contributed by atoms with van der Waals surface area (Å²) < 4.78 is 0. The first kappa shape index (κ1) is 14.1. The van der Waals surface area contributed by atoms with Gasteiger partial charge in [-0.15, -0.1) is 0 Å². The number of aromatic nitrogens is 2. The minimum absolute atomic E-state index is 0.595. The quantitative estimate of drug-likeness (QED) is 0.914. The topological polar surface area (TPSA) is 37.8 Å². The van der Waals surface area contributed by atoms with Gasteiger partial charge in [0.25, 0.3) is 0 Å². The second kappa shape index (κ2) is 5.76. The molecule has 0 saturated heterocycles. The number of nitrogens with zero attached hydrogens (tertiary/aromatic N) is 2. The highest BCUT2D eigenvalue weighted by molar-refractivity contribution is 6.35. The molecule has 0 unspecified atom stereocenters. The minimum atomic E-state index is 0.595. The Labute approximate surface area is 123 Å². The molecule has 0 fully saturated rings. The van der Waals surface area contributed by atoms with E-state index < -0.39 is 0 Å². The summed E-state index contributed by atoms with van der Waals surface area (Å²) in [6.45, 7) is 4.08. The van der Waals surface area contributed by atoms with Gasteiger partial charge in [0.05, 0.1) is 5.02 Å². The first-order valence-corrected chi connectivity index (χ1v) is 6.83. The van der Waals surface area contributed by atoms with E-state index in [1.54, 1.807) is 18.2 Å². The molecule has 0 saturated carbocycles. The smallest absolute Gasteiger partial charge is 0.163 e. The van der Waals surface area contributed by atoms with Crippen LogP contribution in [0.1, 0.15) is 18.2 Å². The Morgan fingerprint density at radius 2 is 1.95 bits per heavy atom. The predicted octanol–water partition coefficient (Wildman–Crippen LogP) is 4.36. The van der Waals surface area contributed by atoms with Crippen molar-refractivity contribution < 1.29 is 0 Å². The number of hydrogen-bond acceptors (Lipinski definition) is 3. The zero-order valence-electron chi connectivity index (χ0n) is 11.1. The monoisotopic (exact) mass is 295 g/mol. The number of halogens is 2. The van der Waals surface area contributed by atoms with Gasteiger partial charge in [-0.1, -0.05) is 30.1 Å². The van der Waals surface area contributed by atoms with Gasteiger partial charge in [0, 0.05) is 28.9 Å². The van der Waals surface area contributed by atoms with Crippen molar-refractivity contribution in [1.82, 2.24) is 9.97 Å². The maximum atomic E-state index is 6.20. The van der Waals surface area contributed by atoms with Gasteiger partial charge >= 0.3 is 0 Å². The fraction of sp³-hybridized carbons (Fsp3) is 0.286. The fourth-order valence-corrected chi connectivity index (χ4v) is 2.31. The SMILES string of the molecule is CCc1nc(-c2cc(Cl)ccc2Cl)nc(NC)c1C. The second-order valence-electron chi connectivity index (χ2n) is 4.20. The first-order valence-electron chi connectivity index (χ1n) is 6.07. The number of rotatable bonds is 3. The van der Waals surface area contributed by atoms with Crippen LogP contribution in [0.2, 0.25) is 10.0 Å². The highest BCUT2D eigenvalue weighted by Gasteiger charge is 2.13. The number of anilines is 1. The molecule has 3 nitrogen and oxygen atoms in total. The minimum Gasteiger partial charge on any atom is -0.373 e. The number of benzene rings is 1. The Kier molecular flexibility index (Phi) is 4.27. The lowest BCUT2D eigenvalue weighted by Crippen LogP contribution is -2.04. The van der Waals surface area contributed by atoms with Crippen LogP contribution in [0.5, 0.6) is 0 Å². The molecule has 0 aliphatic carbocycles.